The zero-order valence-corrected chi connectivity index (χ0v) is 18.8. The van der Waals surface area contributed by atoms with Gasteiger partial charge in [-0.3, -0.25) is 13.8 Å². The van der Waals surface area contributed by atoms with E-state index in [0.717, 1.165) is 6.26 Å². The Hall–Kier alpha value is -2.13. The lowest BCUT2D eigenvalue weighted by Crippen LogP contribution is -2.25. The lowest BCUT2D eigenvalue weighted by molar-refractivity contribution is 0.0989. The number of hydrogen-bond donors (Lipinski definition) is 0. The monoisotopic (exact) mass is 467 g/mol. The molecule has 150 valence electrons. The molecule has 0 N–H and O–H groups in total. The van der Waals surface area contributed by atoms with Crippen molar-refractivity contribution in [2.45, 2.75) is 33.2 Å². The highest BCUT2D eigenvalue weighted by Crippen LogP contribution is 2.40. The maximum Gasteiger partial charge on any atom is 0.232 e. The topological polar surface area (TPSA) is 85.4 Å². The number of nitrogens with zero attached hydrogens (tertiary/aromatic N) is 3. The number of furan rings is 1. The van der Waals surface area contributed by atoms with E-state index < -0.39 is 10.0 Å². The summed E-state index contributed by atoms with van der Waals surface area (Å²) in [6.45, 7) is 5.79. The molecule has 3 aromatic rings. The van der Waals surface area contributed by atoms with Crippen LogP contribution in [0.5, 0.6) is 0 Å². The first kappa shape index (κ1) is 20.6. The smallest absolute Gasteiger partial charge is 0.232 e. The van der Waals surface area contributed by atoms with E-state index in [1.165, 1.54) is 11.4 Å². The predicted molar refractivity (Wildman–Crippen MR) is 113 cm³/mol. The number of hydrogen-bond acceptors (Lipinski definition) is 5. The van der Waals surface area contributed by atoms with Gasteiger partial charge in [0.2, 0.25) is 10.0 Å². The first-order valence-corrected chi connectivity index (χ1v) is 11.5. The number of benzene rings is 1. The molecule has 9 heteroatoms. The van der Waals surface area contributed by atoms with Crippen LogP contribution < -0.4 is 4.31 Å². The molecule has 0 aliphatic heterocycles. The van der Waals surface area contributed by atoms with Crippen molar-refractivity contribution in [3.63, 3.8) is 0 Å². The zero-order chi connectivity index (χ0) is 20.8. The quantitative estimate of drug-likeness (QED) is 0.493. The van der Waals surface area contributed by atoms with Gasteiger partial charge in [-0.25, -0.2) is 8.42 Å². The summed E-state index contributed by atoms with van der Waals surface area (Å²) in [5.74, 6) is 0.389. The van der Waals surface area contributed by atoms with Crippen LogP contribution in [0.2, 0.25) is 0 Å². The number of Topliss-reactive ketones (excluding diaryl/α,β-unsaturated/α-hetero) is 1. The molecular weight excluding hydrogens is 446 g/mol. The number of ketones is 1. The van der Waals surface area contributed by atoms with Crippen molar-refractivity contribution in [1.82, 2.24) is 9.78 Å². The van der Waals surface area contributed by atoms with Crippen molar-refractivity contribution in [2.24, 2.45) is 0 Å². The highest BCUT2D eigenvalue weighted by Gasteiger charge is 2.26. The number of rotatable bonds is 6. The van der Waals surface area contributed by atoms with Gasteiger partial charge in [0.05, 0.1) is 17.5 Å². The SMILES string of the molecule is CCC(=O)c1c(-c2ccnn2C(C)C)oc2cc(N(C)S(C)(=O)=O)c(Br)cc12. The van der Waals surface area contributed by atoms with E-state index >= 15 is 0 Å². The lowest BCUT2D eigenvalue weighted by atomic mass is 10.0. The maximum atomic E-state index is 12.8. The van der Waals surface area contributed by atoms with Gasteiger partial charge in [-0.2, -0.15) is 5.10 Å². The Morgan fingerprint density at radius 2 is 2.04 bits per heavy atom. The first-order chi connectivity index (χ1) is 13.1. The Kier molecular flexibility index (Phi) is 5.42. The van der Waals surface area contributed by atoms with Crippen LogP contribution in [0.3, 0.4) is 0 Å². The molecule has 0 spiro atoms. The Balaban J connectivity index is 2.33. The third kappa shape index (κ3) is 3.48. The third-order valence-corrected chi connectivity index (χ3v) is 6.41. The molecule has 0 fully saturated rings. The molecule has 0 aliphatic rings. The molecular formula is C19H22BrN3O4S. The van der Waals surface area contributed by atoms with E-state index in [-0.39, 0.29) is 11.8 Å². The van der Waals surface area contributed by atoms with Crippen LogP contribution in [0.4, 0.5) is 5.69 Å². The number of carbonyl (C=O) groups excluding carboxylic acids is 1. The van der Waals surface area contributed by atoms with E-state index in [1.807, 2.05) is 19.9 Å². The molecule has 0 saturated carbocycles. The second kappa shape index (κ2) is 7.36. The minimum absolute atomic E-state index is 0.0543. The summed E-state index contributed by atoms with van der Waals surface area (Å²) in [5, 5.41) is 4.97. The van der Waals surface area contributed by atoms with Crippen LogP contribution in [0.15, 0.2) is 33.3 Å². The van der Waals surface area contributed by atoms with E-state index in [0.29, 0.717) is 44.6 Å². The molecule has 2 aromatic heterocycles. The zero-order valence-electron chi connectivity index (χ0n) is 16.4. The van der Waals surface area contributed by atoms with Crippen molar-refractivity contribution < 1.29 is 17.6 Å². The fraction of sp³-hybridized carbons (Fsp3) is 0.368. The van der Waals surface area contributed by atoms with Crippen molar-refractivity contribution in [2.75, 3.05) is 17.6 Å². The lowest BCUT2D eigenvalue weighted by Gasteiger charge is -2.18. The van der Waals surface area contributed by atoms with E-state index in [9.17, 15) is 13.2 Å². The van der Waals surface area contributed by atoms with Crippen molar-refractivity contribution in [1.29, 1.82) is 0 Å². The van der Waals surface area contributed by atoms with Crippen LogP contribution in [0.25, 0.3) is 22.4 Å². The van der Waals surface area contributed by atoms with Gasteiger partial charge in [0.1, 0.15) is 11.3 Å². The maximum absolute atomic E-state index is 12.8. The minimum Gasteiger partial charge on any atom is -0.454 e. The highest BCUT2D eigenvalue weighted by atomic mass is 79.9. The molecule has 0 amide bonds. The van der Waals surface area contributed by atoms with Gasteiger partial charge in [-0.05, 0) is 41.9 Å². The number of carbonyl (C=O) groups is 1. The van der Waals surface area contributed by atoms with Crippen molar-refractivity contribution in [3.8, 4) is 11.5 Å². The molecule has 0 bridgehead atoms. The number of halogens is 1. The summed E-state index contributed by atoms with van der Waals surface area (Å²) >= 11 is 3.43. The number of aromatic nitrogens is 2. The fourth-order valence-electron chi connectivity index (χ4n) is 3.07. The molecule has 7 nitrogen and oxygen atoms in total. The second-order valence-corrected chi connectivity index (χ2v) is 9.74. The standard InChI is InChI=1S/C19H22BrN3O4S/c1-6-16(24)18-12-9-13(20)15(22(4)28(5,25)26)10-17(12)27-19(18)14-7-8-21-23(14)11(2)3/h7-11H,6H2,1-5H3. The van der Waals surface area contributed by atoms with Crippen LogP contribution in [0.1, 0.15) is 43.6 Å². The molecule has 0 saturated heterocycles. The number of anilines is 1. The molecule has 3 rings (SSSR count). The summed E-state index contributed by atoms with van der Waals surface area (Å²) < 4.78 is 33.5. The Bertz CT molecular complexity index is 1160. The number of fused-ring (bicyclic) bond motifs is 1. The van der Waals surface area contributed by atoms with Crippen molar-refractivity contribution >= 4 is 48.4 Å². The summed E-state index contributed by atoms with van der Waals surface area (Å²) in [6, 6.07) is 5.26. The van der Waals surface area contributed by atoms with Gasteiger partial charge in [0.25, 0.3) is 0 Å². The molecule has 1 aromatic carbocycles. The highest BCUT2D eigenvalue weighted by molar-refractivity contribution is 9.10. The second-order valence-electron chi connectivity index (χ2n) is 6.87. The summed E-state index contributed by atoms with van der Waals surface area (Å²) in [6.07, 6.45) is 3.12. The van der Waals surface area contributed by atoms with Crippen LogP contribution in [-0.2, 0) is 10.0 Å². The minimum atomic E-state index is -3.45. The molecule has 0 unspecified atom stereocenters. The normalized spacial score (nSPS) is 12.1. The fourth-order valence-corrected chi connectivity index (χ4v) is 4.30. The summed E-state index contributed by atoms with van der Waals surface area (Å²) in [7, 11) is -1.98. The van der Waals surface area contributed by atoms with E-state index in [4.69, 9.17) is 4.42 Å². The molecule has 0 aliphatic carbocycles. The van der Waals surface area contributed by atoms with Gasteiger partial charge in [0.15, 0.2) is 11.5 Å². The van der Waals surface area contributed by atoms with E-state index in [2.05, 4.69) is 21.0 Å². The van der Waals surface area contributed by atoms with Gasteiger partial charge < -0.3 is 4.42 Å². The van der Waals surface area contributed by atoms with E-state index in [1.54, 1.807) is 29.9 Å². The summed E-state index contributed by atoms with van der Waals surface area (Å²) in [4.78, 5) is 12.8. The number of sulfonamides is 1. The first-order valence-electron chi connectivity index (χ1n) is 8.83. The van der Waals surface area contributed by atoms with Gasteiger partial charge >= 0.3 is 0 Å². The van der Waals surface area contributed by atoms with Gasteiger partial charge in [0, 0.05) is 41.6 Å². The average Bonchev–Trinajstić information content (AvgIpc) is 3.23. The van der Waals surface area contributed by atoms with Gasteiger partial charge in [-0.1, -0.05) is 6.92 Å². The molecule has 28 heavy (non-hydrogen) atoms. The Morgan fingerprint density at radius 3 is 2.61 bits per heavy atom. The Labute approximate surface area is 172 Å². The molecule has 0 radical (unpaired) electrons. The van der Waals surface area contributed by atoms with Gasteiger partial charge in [-0.15, -0.1) is 0 Å². The predicted octanol–water partition coefficient (Wildman–Crippen LogP) is 4.63. The van der Waals surface area contributed by atoms with Crippen LogP contribution >= 0.6 is 15.9 Å². The van der Waals surface area contributed by atoms with Crippen LogP contribution in [-0.4, -0.2) is 37.3 Å². The summed E-state index contributed by atoms with van der Waals surface area (Å²) in [5.41, 5.74) is 2.06. The average molecular weight is 468 g/mol. The molecule has 0 atom stereocenters. The Morgan fingerprint density at radius 1 is 1.36 bits per heavy atom. The van der Waals surface area contributed by atoms with Crippen LogP contribution in [0, 0.1) is 0 Å². The van der Waals surface area contributed by atoms with Crippen molar-refractivity contribution in [3.05, 3.63) is 34.4 Å². The third-order valence-electron chi connectivity index (χ3n) is 4.59. The largest absolute Gasteiger partial charge is 0.454 e. The molecule has 2 heterocycles.